The van der Waals surface area contributed by atoms with Crippen LogP contribution >= 0.6 is 0 Å². The second-order valence-corrected chi connectivity index (χ2v) is 5.09. The quantitative estimate of drug-likeness (QED) is 0.724. The summed E-state index contributed by atoms with van der Waals surface area (Å²) in [5.41, 5.74) is 8.34. The summed E-state index contributed by atoms with van der Waals surface area (Å²) < 4.78 is 13.4. The van der Waals surface area contributed by atoms with E-state index in [1.54, 1.807) is 6.07 Å². The first-order valence-corrected chi connectivity index (χ1v) is 5.09. The van der Waals surface area contributed by atoms with Gasteiger partial charge in [-0.1, -0.05) is 12.1 Å². The first-order chi connectivity index (χ1) is 6.55. The second kappa shape index (κ2) is 2.19. The standard InChI is InChI=1S/C12H14FN/c1-8-9(3-2-4-10(8)13)11-5-12(14,6-11)7-11/h2-4H,5-7,14H2,1H3. The highest BCUT2D eigenvalue weighted by Gasteiger charge is 2.66. The zero-order chi connectivity index (χ0) is 9.97. The lowest BCUT2D eigenvalue weighted by atomic mass is 9.37. The summed E-state index contributed by atoms with van der Waals surface area (Å²) in [4.78, 5) is 0. The van der Waals surface area contributed by atoms with Gasteiger partial charge in [-0.15, -0.1) is 0 Å². The second-order valence-electron chi connectivity index (χ2n) is 5.09. The molecule has 0 aliphatic heterocycles. The molecule has 1 aromatic carbocycles. The van der Waals surface area contributed by atoms with E-state index in [-0.39, 0.29) is 16.8 Å². The minimum atomic E-state index is -0.0849. The van der Waals surface area contributed by atoms with Crippen LogP contribution in [0, 0.1) is 12.7 Å². The van der Waals surface area contributed by atoms with Crippen molar-refractivity contribution >= 4 is 0 Å². The van der Waals surface area contributed by atoms with Gasteiger partial charge in [-0.2, -0.15) is 0 Å². The number of rotatable bonds is 1. The van der Waals surface area contributed by atoms with E-state index in [1.807, 2.05) is 6.92 Å². The summed E-state index contributed by atoms with van der Waals surface area (Å²) >= 11 is 0. The molecule has 0 spiro atoms. The zero-order valence-electron chi connectivity index (χ0n) is 8.31. The Morgan fingerprint density at radius 2 is 1.93 bits per heavy atom. The van der Waals surface area contributed by atoms with Gasteiger partial charge < -0.3 is 5.73 Å². The van der Waals surface area contributed by atoms with Crippen molar-refractivity contribution in [2.45, 2.75) is 37.1 Å². The van der Waals surface area contributed by atoms with E-state index in [4.69, 9.17) is 5.73 Å². The van der Waals surface area contributed by atoms with Gasteiger partial charge in [-0.3, -0.25) is 0 Å². The van der Waals surface area contributed by atoms with E-state index >= 15 is 0 Å². The Morgan fingerprint density at radius 3 is 2.50 bits per heavy atom. The maximum absolute atomic E-state index is 13.4. The highest BCUT2D eigenvalue weighted by atomic mass is 19.1. The maximum atomic E-state index is 13.4. The van der Waals surface area contributed by atoms with E-state index in [9.17, 15) is 4.39 Å². The molecule has 74 valence electrons. The van der Waals surface area contributed by atoms with Crippen molar-refractivity contribution in [2.75, 3.05) is 0 Å². The number of halogens is 1. The SMILES string of the molecule is Cc1c(F)cccc1C12CC(N)(C1)C2. The van der Waals surface area contributed by atoms with Crippen LogP contribution < -0.4 is 5.73 Å². The molecule has 0 aromatic heterocycles. The Labute approximate surface area is 83.1 Å². The Morgan fingerprint density at radius 1 is 1.29 bits per heavy atom. The smallest absolute Gasteiger partial charge is 0.126 e. The lowest BCUT2D eigenvalue weighted by Crippen LogP contribution is -2.74. The molecule has 3 fully saturated rings. The number of hydrogen-bond acceptors (Lipinski definition) is 1. The van der Waals surface area contributed by atoms with Gasteiger partial charge in [-0.25, -0.2) is 4.39 Å². The molecule has 0 radical (unpaired) electrons. The average Bonchev–Trinajstić information content (AvgIpc) is 2.03. The summed E-state index contributed by atoms with van der Waals surface area (Å²) in [6, 6.07) is 5.39. The Kier molecular flexibility index (Phi) is 1.32. The normalized spacial score (nSPS) is 38.8. The topological polar surface area (TPSA) is 26.0 Å². The monoisotopic (exact) mass is 191 g/mol. The van der Waals surface area contributed by atoms with Crippen LogP contribution in [0.4, 0.5) is 4.39 Å². The molecule has 3 aliphatic rings. The highest BCUT2D eigenvalue weighted by Crippen LogP contribution is 2.66. The maximum Gasteiger partial charge on any atom is 0.126 e. The molecule has 1 aromatic rings. The van der Waals surface area contributed by atoms with E-state index in [0.29, 0.717) is 0 Å². The molecule has 2 N–H and O–H groups in total. The lowest BCUT2D eigenvalue weighted by Gasteiger charge is -2.69. The molecule has 0 unspecified atom stereocenters. The molecule has 0 atom stereocenters. The van der Waals surface area contributed by atoms with Crippen LogP contribution in [0.2, 0.25) is 0 Å². The van der Waals surface area contributed by atoms with E-state index in [2.05, 4.69) is 6.07 Å². The predicted molar refractivity (Wildman–Crippen MR) is 53.6 cm³/mol. The van der Waals surface area contributed by atoms with Gasteiger partial charge in [0.15, 0.2) is 0 Å². The van der Waals surface area contributed by atoms with E-state index in [1.165, 1.54) is 11.6 Å². The third-order valence-electron chi connectivity index (χ3n) is 3.91. The van der Waals surface area contributed by atoms with Crippen molar-refractivity contribution in [1.82, 2.24) is 0 Å². The minimum Gasteiger partial charge on any atom is -0.325 e. The predicted octanol–water partition coefficient (Wildman–Crippen LogP) is 2.27. The minimum absolute atomic E-state index is 0.0849. The average molecular weight is 191 g/mol. The summed E-state index contributed by atoms with van der Waals surface area (Å²) in [6.07, 6.45) is 3.14. The molecule has 1 nitrogen and oxygen atoms in total. The van der Waals surface area contributed by atoms with Gasteiger partial charge in [-0.05, 0) is 43.4 Å². The first kappa shape index (κ1) is 8.42. The number of hydrogen-bond donors (Lipinski definition) is 1. The molecule has 0 saturated heterocycles. The molecule has 2 bridgehead atoms. The molecule has 0 heterocycles. The number of nitrogens with two attached hydrogens (primary N) is 1. The van der Waals surface area contributed by atoms with Crippen molar-refractivity contribution in [1.29, 1.82) is 0 Å². The van der Waals surface area contributed by atoms with E-state index in [0.717, 1.165) is 24.8 Å². The first-order valence-electron chi connectivity index (χ1n) is 5.09. The largest absolute Gasteiger partial charge is 0.325 e. The summed E-state index contributed by atoms with van der Waals surface area (Å²) in [5.74, 6) is -0.0849. The molecule has 4 rings (SSSR count). The molecule has 2 heteroatoms. The van der Waals surface area contributed by atoms with E-state index < -0.39 is 0 Å². The van der Waals surface area contributed by atoms with Crippen molar-refractivity contribution in [3.8, 4) is 0 Å². The van der Waals surface area contributed by atoms with Gasteiger partial charge in [0, 0.05) is 11.0 Å². The van der Waals surface area contributed by atoms with Crippen molar-refractivity contribution in [3.63, 3.8) is 0 Å². The summed E-state index contributed by atoms with van der Waals surface area (Å²) in [6.45, 7) is 1.87. The van der Waals surface area contributed by atoms with Crippen molar-refractivity contribution < 1.29 is 4.39 Å². The van der Waals surface area contributed by atoms with Crippen molar-refractivity contribution in [2.24, 2.45) is 5.73 Å². The summed E-state index contributed by atoms with van der Waals surface area (Å²) in [7, 11) is 0. The fourth-order valence-corrected chi connectivity index (χ4v) is 3.33. The van der Waals surface area contributed by atoms with Crippen LogP contribution in [0.25, 0.3) is 0 Å². The molecular formula is C12H14FN. The Balaban J connectivity index is 2.02. The van der Waals surface area contributed by atoms with Crippen LogP contribution in [-0.4, -0.2) is 5.54 Å². The highest BCUT2D eigenvalue weighted by molar-refractivity contribution is 5.45. The zero-order valence-corrected chi connectivity index (χ0v) is 8.31. The van der Waals surface area contributed by atoms with Gasteiger partial charge in [0.2, 0.25) is 0 Å². The Hall–Kier alpha value is -0.890. The number of benzene rings is 1. The molecule has 14 heavy (non-hydrogen) atoms. The van der Waals surface area contributed by atoms with Gasteiger partial charge in [0.05, 0.1) is 0 Å². The fraction of sp³-hybridized carbons (Fsp3) is 0.500. The fourth-order valence-electron chi connectivity index (χ4n) is 3.33. The van der Waals surface area contributed by atoms with Crippen LogP contribution in [-0.2, 0) is 5.41 Å². The van der Waals surface area contributed by atoms with Crippen LogP contribution in [0.3, 0.4) is 0 Å². The molecular weight excluding hydrogens is 177 g/mol. The molecule has 3 aliphatic carbocycles. The van der Waals surface area contributed by atoms with Gasteiger partial charge in [0.1, 0.15) is 5.82 Å². The third-order valence-corrected chi connectivity index (χ3v) is 3.91. The molecule has 0 amide bonds. The summed E-state index contributed by atoms with van der Waals surface area (Å²) in [5, 5.41) is 0. The Bertz CT molecular complexity index is 391. The van der Waals surface area contributed by atoms with Crippen molar-refractivity contribution in [3.05, 3.63) is 35.1 Å². The van der Waals surface area contributed by atoms with Crippen LogP contribution in [0.1, 0.15) is 30.4 Å². The molecule has 3 saturated carbocycles. The van der Waals surface area contributed by atoms with Gasteiger partial charge >= 0.3 is 0 Å². The van der Waals surface area contributed by atoms with Crippen LogP contribution in [0.5, 0.6) is 0 Å². The lowest BCUT2D eigenvalue weighted by molar-refractivity contribution is -0.0596. The third kappa shape index (κ3) is 0.825. The van der Waals surface area contributed by atoms with Crippen LogP contribution in [0.15, 0.2) is 18.2 Å². The van der Waals surface area contributed by atoms with Gasteiger partial charge in [0.25, 0.3) is 0 Å².